The number of likely N-dealkylation sites (tertiary alicyclic amines) is 2. The third-order valence-electron chi connectivity index (χ3n) is 12.9. The van der Waals surface area contributed by atoms with E-state index in [0.717, 1.165) is 121 Å². The summed E-state index contributed by atoms with van der Waals surface area (Å²) in [5.41, 5.74) is -1.23. The monoisotopic (exact) mass is 861 g/mol. The van der Waals surface area contributed by atoms with Crippen molar-refractivity contribution in [3.05, 3.63) is 0 Å². The quantitative estimate of drug-likeness (QED) is 0.0628. The van der Waals surface area contributed by atoms with Crippen molar-refractivity contribution < 1.29 is 28.5 Å². The Labute approximate surface area is 371 Å². The molecule has 0 bridgehead atoms. The van der Waals surface area contributed by atoms with Gasteiger partial charge in [0.05, 0.1) is 26.3 Å². The van der Waals surface area contributed by atoms with Crippen molar-refractivity contribution >= 4 is 29.8 Å². The van der Waals surface area contributed by atoms with Gasteiger partial charge in [-0.1, -0.05) is 53.4 Å². The third kappa shape index (κ3) is 15.2. The number of ether oxygens (including phenoxy) is 4. The number of methoxy groups -OCH3 is 2. The van der Waals surface area contributed by atoms with Crippen molar-refractivity contribution in [2.75, 3.05) is 94.6 Å². The summed E-state index contributed by atoms with van der Waals surface area (Å²) in [5, 5.41) is 0. The van der Waals surface area contributed by atoms with E-state index in [0.29, 0.717) is 13.2 Å². The first kappa shape index (κ1) is 52.5. The van der Waals surface area contributed by atoms with Gasteiger partial charge in [0.15, 0.2) is 0 Å². The number of carbonyl (C=O) groups is 2. The fourth-order valence-corrected chi connectivity index (χ4v) is 9.95. The standard InChI is InChI=1S/C47H88N8O6/c1-15-19-23-51(24-20-16-2)41-48-42(52(25-21-17-3)37-31-44(5,6)54(45(7,8)32-37)35-39(56)60-29-27-58-13)50-43(49-41)53(26-22-18-4)38-33-46(9,10)55(47(11,12)34-38)36-40(57)61-30-28-59-14/h37-38H,15-36H2,1-14H3. The van der Waals surface area contributed by atoms with E-state index in [2.05, 4.69) is 108 Å². The van der Waals surface area contributed by atoms with E-state index >= 15 is 0 Å². The van der Waals surface area contributed by atoms with Crippen LogP contribution in [0, 0.1) is 0 Å². The number of unbranched alkanes of at least 4 members (excludes halogenated alkanes) is 4. The number of carbonyl (C=O) groups excluding carboxylic acids is 2. The summed E-state index contributed by atoms with van der Waals surface area (Å²) in [4.78, 5) is 54.7. The fraction of sp³-hybridized carbons (Fsp3) is 0.894. The van der Waals surface area contributed by atoms with Crippen LogP contribution in [0.2, 0.25) is 0 Å². The molecule has 0 aliphatic carbocycles. The minimum atomic E-state index is -0.307. The number of hydrogen-bond acceptors (Lipinski definition) is 14. The van der Waals surface area contributed by atoms with E-state index in [1.807, 2.05) is 0 Å². The number of aromatic nitrogens is 3. The van der Waals surface area contributed by atoms with Crippen LogP contribution in [0.3, 0.4) is 0 Å². The van der Waals surface area contributed by atoms with Gasteiger partial charge in [-0.3, -0.25) is 19.4 Å². The Balaban J connectivity index is 2.17. The van der Waals surface area contributed by atoms with Crippen LogP contribution in [0.5, 0.6) is 0 Å². The highest BCUT2D eigenvalue weighted by molar-refractivity contribution is 5.72. The molecule has 2 saturated heterocycles. The average molecular weight is 861 g/mol. The Morgan fingerprint density at radius 3 is 1.15 bits per heavy atom. The van der Waals surface area contributed by atoms with Gasteiger partial charge in [-0.25, -0.2) is 0 Å². The lowest BCUT2D eigenvalue weighted by Gasteiger charge is -2.57. The van der Waals surface area contributed by atoms with Crippen LogP contribution < -0.4 is 14.7 Å². The van der Waals surface area contributed by atoms with Crippen molar-refractivity contribution in [3.63, 3.8) is 0 Å². The first-order valence-electron chi connectivity index (χ1n) is 23.7. The van der Waals surface area contributed by atoms with Gasteiger partial charge in [-0.15, -0.1) is 0 Å². The molecule has 14 nitrogen and oxygen atoms in total. The number of piperidine rings is 2. The predicted molar refractivity (Wildman–Crippen MR) is 248 cm³/mol. The normalized spacial score (nSPS) is 19.1. The van der Waals surface area contributed by atoms with E-state index in [4.69, 9.17) is 33.9 Å². The lowest BCUT2D eigenvalue weighted by Crippen LogP contribution is -2.66. The molecule has 0 N–H and O–H groups in total. The first-order valence-corrected chi connectivity index (χ1v) is 23.7. The minimum Gasteiger partial charge on any atom is -0.462 e. The molecule has 0 spiro atoms. The van der Waals surface area contributed by atoms with Crippen molar-refractivity contribution in [1.29, 1.82) is 0 Å². The molecule has 14 heteroatoms. The van der Waals surface area contributed by atoms with Crippen molar-refractivity contribution in [3.8, 4) is 0 Å². The van der Waals surface area contributed by atoms with Crippen molar-refractivity contribution in [2.45, 2.75) is 194 Å². The topological polar surface area (TPSA) is 126 Å². The third-order valence-corrected chi connectivity index (χ3v) is 12.9. The minimum absolute atomic E-state index is 0.133. The van der Waals surface area contributed by atoms with Crippen LogP contribution in [-0.2, 0) is 28.5 Å². The summed E-state index contributed by atoms with van der Waals surface area (Å²) in [5.74, 6) is 1.79. The van der Waals surface area contributed by atoms with Crippen molar-refractivity contribution in [2.24, 2.45) is 0 Å². The second-order valence-corrected chi connectivity index (χ2v) is 20.0. The fourth-order valence-electron chi connectivity index (χ4n) is 9.95. The number of hydrogen-bond donors (Lipinski definition) is 0. The molecule has 0 radical (unpaired) electrons. The molecule has 0 aromatic carbocycles. The van der Waals surface area contributed by atoms with Crippen LogP contribution in [0.1, 0.15) is 160 Å². The van der Waals surface area contributed by atoms with E-state index in [9.17, 15) is 9.59 Å². The predicted octanol–water partition coefficient (Wildman–Crippen LogP) is 7.91. The van der Waals surface area contributed by atoms with Crippen LogP contribution in [-0.4, -0.2) is 151 Å². The molecule has 3 rings (SSSR count). The molecule has 1 aromatic heterocycles. The molecule has 0 atom stereocenters. The Morgan fingerprint density at radius 2 is 0.836 bits per heavy atom. The summed E-state index contributed by atoms with van der Waals surface area (Å²) >= 11 is 0. The van der Waals surface area contributed by atoms with E-state index in [1.54, 1.807) is 14.2 Å². The van der Waals surface area contributed by atoms with E-state index in [-0.39, 0.29) is 72.5 Å². The number of anilines is 3. The van der Waals surface area contributed by atoms with Crippen molar-refractivity contribution in [1.82, 2.24) is 24.8 Å². The highest BCUT2D eigenvalue weighted by Crippen LogP contribution is 2.43. The van der Waals surface area contributed by atoms with Gasteiger partial charge in [0.1, 0.15) is 13.2 Å². The maximum Gasteiger partial charge on any atom is 0.320 e. The van der Waals surface area contributed by atoms with Gasteiger partial charge in [0.25, 0.3) is 0 Å². The zero-order chi connectivity index (χ0) is 45.4. The zero-order valence-electron chi connectivity index (χ0n) is 41.2. The first-order chi connectivity index (χ1) is 28.8. The summed E-state index contributed by atoms with van der Waals surface area (Å²) in [7, 11) is 3.23. The van der Waals surface area contributed by atoms with Gasteiger partial charge in [0, 0.05) is 74.6 Å². The maximum absolute atomic E-state index is 13.1. The van der Waals surface area contributed by atoms with E-state index in [1.165, 1.54) is 0 Å². The van der Waals surface area contributed by atoms with Crippen LogP contribution in [0.25, 0.3) is 0 Å². The molecule has 2 aliphatic rings. The van der Waals surface area contributed by atoms with Gasteiger partial charge in [-0.05, 0) is 107 Å². The molecule has 352 valence electrons. The Bertz CT molecular complexity index is 1340. The Hall–Kier alpha value is -2.81. The number of nitrogens with zero attached hydrogens (tertiary/aromatic N) is 8. The lowest BCUT2D eigenvalue weighted by molar-refractivity contribution is -0.153. The number of esters is 2. The smallest absolute Gasteiger partial charge is 0.320 e. The maximum atomic E-state index is 13.1. The van der Waals surface area contributed by atoms with Gasteiger partial charge < -0.3 is 33.6 Å². The Morgan fingerprint density at radius 1 is 0.525 bits per heavy atom. The molecular weight excluding hydrogens is 773 g/mol. The van der Waals surface area contributed by atoms with Crippen LogP contribution in [0.15, 0.2) is 0 Å². The SMILES string of the molecule is CCCCN(CCCC)c1nc(N(CCCC)C2CC(C)(C)N(CC(=O)OCCOC)C(C)(C)C2)nc(N(CCCC)C2CC(C)(C)N(CC(=O)OCCOC)C(C)(C)C2)n1. The highest BCUT2D eigenvalue weighted by Gasteiger charge is 2.50. The molecule has 0 saturated carbocycles. The molecule has 2 aliphatic heterocycles. The summed E-state index contributed by atoms with van der Waals surface area (Å²) in [6.45, 7) is 32.2. The highest BCUT2D eigenvalue weighted by atomic mass is 16.6. The summed E-state index contributed by atoms with van der Waals surface area (Å²) < 4.78 is 21.4. The molecule has 61 heavy (non-hydrogen) atoms. The molecule has 0 amide bonds. The van der Waals surface area contributed by atoms with Gasteiger partial charge in [-0.2, -0.15) is 15.0 Å². The second-order valence-electron chi connectivity index (χ2n) is 20.0. The molecule has 3 heterocycles. The molecule has 0 unspecified atom stereocenters. The molecular formula is C47H88N8O6. The van der Waals surface area contributed by atoms with Crippen LogP contribution >= 0.6 is 0 Å². The van der Waals surface area contributed by atoms with Crippen LogP contribution in [0.4, 0.5) is 17.8 Å². The zero-order valence-corrected chi connectivity index (χ0v) is 41.2. The molecule has 1 aromatic rings. The molecule has 2 fully saturated rings. The average Bonchev–Trinajstić information content (AvgIpc) is 3.17. The van der Waals surface area contributed by atoms with E-state index < -0.39 is 0 Å². The lowest BCUT2D eigenvalue weighted by atomic mass is 9.76. The van der Waals surface area contributed by atoms with Gasteiger partial charge in [0.2, 0.25) is 17.8 Å². The largest absolute Gasteiger partial charge is 0.462 e. The van der Waals surface area contributed by atoms with Gasteiger partial charge >= 0.3 is 11.9 Å². The summed E-state index contributed by atoms with van der Waals surface area (Å²) in [6.07, 6.45) is 11.8. The second kappa shape index (κ2) is 24.3. The summed E-state index contributed by atoms with van der Waals surface area (Å²) in [6, 6.07) is 0.267. The Kier molecular flexibility index (Phi) is 20.9. The number of rotatable bonds is 27.